The molecule has 0 aliphatic carbocycles. The van der Waals surface area contributed by atoms with Gasteiger partial charge < -0.3 is 10.1 Å². The first-order valence-electron chi connectivity index (χ1n) is 7.04. The summed E-state index contributed by atoms with van der Waals surface area (Å²) in [6, 6.07) is 5.96. The quantitative estimate of drug-likeness (QED) is 0.843. The molecule has 2 aromatic rings. The molecule has 0 aliphatic rings. The van der Waals surface area contributed by atoms with Crippen molar-refractivity contribution in [1.29, 1.82) is 0 Å². The van der Waals surface area contributed by atoms with Crippen molar-refractivity contribution in [3.8, 4) is 11.6 Å². The van der Waals surface area contributed by atoms with Gasteiger partial charge in [0.1, 0.15) is 17.4 Å². The van der Waals surface area contributed by atoms with Crippen molar-refractivity contribution in [2.24, 2.45) is 0 Å². The summed E-state index contributed by atoms with van der Waals surface area (Å²) in [6.45, 7) is 8.87. The molecule has 0 fully saturated rings. The molecule has 112 valence electrons. The number of nitrogens with zero attached hydrogens (tertiary/aromatic N) is 2. The second-order valence-corrected chi connectivity index (χ2v) is 5.90. The third kappa shape index (κ3) is 3.94. The van der Waals surface area contributed by atoms with Gasteiger partial charge in [0.2, 0.25) is 5.88 Å². The Labute approximate surface area is 134 Å². The van der Waals surface area contributed by atoms with E-state index < -0.39 is 0 Å². The number of benzene rings is 1. The minimum absolute atomic E-state index is 0.599. The maximum atomic E-state index is 6.00. The van der Waals surface area contributed by atoms with Crippen molar-refractivity contribution in [1.82, 2.24) is 9.97 Å². The van der Waals surface area contributed by atoms with Gasteiger partial charge in [0, 0.05) is 11.0 Å². The van der Waals surface area contributed by atoms with E-state index >= 15 is 0 Å². The third-order valence-electron chi connectivity index (χ3n) is 3.11. The largest absolute Gasteiger partial charge is 0.438 e. The van der Waals surface area contributed by atoms with Crippen LogP contribution in [0, 0.1) is 20.8 Å². The van der Waals surface area contributed by atoms with Gasteiger partial charge in [0.15, 0.2) is 0 Å². The molecule has 0 saturated carbocycles. The zero-order valence-corrected chi connectivity index (χ0v) is 14.4. The van der Waals surface area contributed by atoms with Crippen molar-refractivity contribution in [2.45, 2.75) is 34.1 Å². The van der Waals surface area contributed by atoms with Gasteiger partial charge in [0.25, 0.3) is 0 Å². The molecule has 0 bridgehead atoms. The van der Waals surface area contributed by atoms with Crippen LogP contribution in [0.1, 0.15) is 30.3 Å². The fourth-order valence-electron chi connectivity index (χ4n) is 1.91. The van der Waals surface area contributed by atoms with Crippen molar-refractivity contribution in [2.75, 3.05) is 11.9 Å². The lowest BCUT2D eigenvalue weighted by Gasteiger charge is -2.14. The highest BCUT2D eigenvalue weighted by Crippen LogP contribution is 2.30. The third-order valence-corrected chi connectivity index (χ3v) is 3.61. The number of hydrogen-bond donors (Lipinski definition) is 1. The molecule has 1 aromatic carbocycles. The molecule has 5 heteroatoms. The summed E-state index contributed by atoms with van der Waals surface area (Å²) < 4.78 is 6.98. The van der Waals surface area contributed by atoms with Crippen LogP contribution in [0.5, 0.6) is 11.6 Å². The Morgan fingerprint density at radius 1 is 1.19 bits per heavy atom. The molecule has 0 radical (unpaired) electrons. The number of aromatic nitrogens is 2. The van der Waals surface area contributed by atoms with Crippen LogP contribution in [-0.2, 0) is 0 Å². The second kappa shape index (κ2) is 6.89. The van der Waals surface area contributed by atoms with Crippen molar-refractivity contribution in [3.05, 3.63) is 39.6 Å². The van der Waals surface area contributed by atoms with Gasteiger partial charge in [-0.25, -0.2) is 4.98 Å². The molecule has 0 aliphatic heterocycles. The summed E-state index contributed by atoms with van der Waals surface area (Å²) in [5.41, 5.74) is 1.99. The molecule has 4 nitrogen and oxygen atoms in total. The van der Waals surface area contributed by atoms with E-state index in [-0.39, 0.29) is 0 Å². The van der Waals surface area contributed by atoms with E-state index in [0.29, 0.717) is 11.7 Å². The van der Waals surface area contributed by atoms with Gasteiger partial charge in [-0.05, 0) is 44.9 Å². The summed E-state index contributed by atoms with van der Waals surface area (Å²) in [5.74, 6) is 2.93. The minimum Gasteiger partial charge on any atom is -0.438 e. The Bertz CT molecular complexity index is 644. The van der Waals surface area contributed by atoms with E-state index in [0.717, 1.165) is 40.1 Å². The molecule has 2 rings (SSSR count). The number of ether oxygens (including phenoxy) is 1. The van der Waals surface area contributed by atoms with E-state index in [4.69, 9.17) is 4.74 Å². The van der Waals surface area contributed by atoms with Gasteiger partial charge >= 0.3 is 0 Å². The van der Waals surface area contributed by atoms with E-state index in [1.165, 1.54) is 0 Å². The number of hydrogen-bond acceptors (Lipinski definition) is 4. The average Bonchev–Trinajstić information content (AvgIpc) is 2.44. The fraction of sp³-hybridized carbons (Fsp3) is 0.375. The van der Waals surface area contributed by atoms with Crippen LogP contribution in [0.3, 0.4) is 0 Å². The summed E-state index contributed by atoms with van der Waals surface area (Å²) in [5, 5.41) is 3.32. The number of nitrogens with one attached hydrogen (secondary N) is 1. The lowest BCUT2D eigenvalue weighted by molar-refractivity contribution is 0.452. The van der Waals surface area contributed by atoms with Gasteiger partial charge in [-0.15, -0.1) is 0 Å². The monoisotopic (exact) mass is 349 g/mol. The molecular weight excluding hydrogens is 330 g/mol. The van der Waals surface area contributed by atoms with Crippen LogP contribution in [-0.4, -0.2) is 16.5 Å². The minimum atomic E-state index is 0.599. The first-order chi connectivity index (χ1) is 10.0. The van der Waals surface area contributed by atoms with Gasteiger partial charge in [-0.2, -0.15) is 4.98 Å². The topological polar surface area (TPSA) is 47.0 Å². The highest BCUT2D eigenvalue weighted by atomic mass is 79.9. The molecule has 21 heavy (non-hydrogen) atoms. The van der Waals surface area contributed by atoms with Crippen LogP contribution in [0.2, 0.25) is 0 Å². The Kier molecular flexibility index (Phi) is 5.17. The van der Waals surface area contributed by atoms with Crippen molar-refractivity contribution in [3.63, 3.8) is 0 Å². The predicted molar refractivity (Wildman–Crippen MR) is 89.2 cm³/mol. The number of rotatable bonds is 5. The maximum Gasteiger partial charge on any atom is 0.227 e. The molecule has 0 saturated heterocycles. The van der Waals surface area contributed by atoms with E-state index in [2.05, 4.69) is 38.1 Å². The van der Waals surface area contributed by atoms with Crippen LogP contribution in [0.25, 0.3) is 0 Å². The highest BCUT2D eigenvalue weighted by molar-refractivity contribution is 9.10. The SMILES string of the molecule is CCCNc1nc(C)nc(Oc2cc(Br)ccc2C)c1C. The van der Waals surface area contributed by atoms with Crippen LogP contribution in [0.15, 0.2) is 22.7 Å². The maximum absolute atomic E-state index is 6.00. The summed E-state index contributed by atoms with van der Waals surface area (Å²) in [7, 11) is 0. The number of aryl methyl sites for hydroxylation is 2. The zero-order valence-electron chi connectivity index (χ0n) is 12.8. The van der Waals surface area contributed by atoms with Crippen LogP contribution < -0.4 is 10.1 Å². The smallest absolute Gasteiger partial charge is 0.227 e. The Hall–Kier alpha value is -1.62. The molecule has 1 N–H and O–H groups in total. The molecular formula is C16H20BrN3O. The molecule has 1 heterocycles. The Morgan fingerprint density at radius 2 is 1.95 bits per heavy atom. The van der Waals surface area contributed by atoms with Gasteiger partial charge in [-0.3, -0.25) is 0 Å². The molecule has 0 atom stereocenters. The lowest BCUT2D eigenvalue weighted by atomic mass is 10.2. The standard InChI is InChI=1S/C16H20BrN3O/c1-5-8-18-15-11(3)16(20-12(4)19-15)21-14-9-13(17)7-6-10(14)2/h6-7,9H,5,8H2,1-4H3,(H,18,19,20). The second-order valence-electron chi connectivity index (χ2n) is 4.99. The fourth-order valence-corrected chi connectivity index (χ4v) is 2.25. The molecule has 0 unspecified atom stereocenters. The molecule has 0 spiro atoms. The van der Waals surface area contributed by atoms with Crippen molar-refractivity contribution >= 4 is 21.7 Å². The summed E-state index contributed by atoms with van der Waals surface area (Å²) in [4.78, 5) is 8.86. The lowest BCUT2D eigenvalue weighted by Crippen LogP contribution is -2.07. The Balaban J connectivity index is 2.35. The molecule has 0 amide bonds. The number of anilines is 1. The summed E-state index contributed by atoms with van der Waals surface area (Å²) in [6.07, 6.45) is 1.05. The van der Waals surface area contributed by atoms with Crippen LogP contribution >= 0.6 is 15.9 Å². The summed E-state index contributed by atoms with van der Waals surface area (Å²) >= 11 is 3.47. The normalized spacial score (nSPS) is 10.5. The zero-order chi connectivity index (χ0) is 15.4. The molecule has 1 aromatic heterocycles. The van der Waals surface area contributed by atoms with E-state index in [1.807, 2.05) is 39.0 Å². The number of halogens is 1. The Morgan fingerprint density at radius 3 is 2.67 bits per heavy atom. The predicted octanol–water partition coefficient (Wildman–Crippen LogP) is 4.78. The van der Waals surface area contributed by atoms with Crippen molar-refractivity contribution < 1.29 is 4.74 Å². The van der Waals surface area contributed by atoms with E-state index in [9.17, 15) is 0 Å². The van der Waals surface area contributed by atoms with Gasteiger partial charge in [0.05, 0.1) is 5.56 Å². The highest BCUT2D eigenvalue weighted by Gasteiger charge is 2.12. The first-order valence-corrected chi connectivity index (χ1v) is 7.83. The van der Waals surface area contributed by atoms with Gasteiger partial charge in [-0.1, -0.05) is 28.9 Å². The van der Waals surface area contributed by atoms with E-state index in [1.54, 1.807) is 0 Å². The first kappa shape index (κ1) is 15.8. The van der Waals surface area contributed by atoms with Crippen LogP contribution in [0.4, 0.5) is 5.82 Å². The average molecular weight is 350 g/mol.